The van der Waals surface area contributed by atoms with E-state index in [1.165, 1.54) is 0 Å². The number of carbonyl (C=O) groups excluding carboxylic acids is 1. The predicted molar refractivity (Wildman–Crippen MR) is 84.0 cm³/mol. The van der Waals surface area contributed by atoms with Crippen molar-refractivity contribution in [2.45, 2.75) is 25.4 Å². The third-order valence-corrected chi connectivity index (χ3v) is 4.22. The van der Waals surface area contributed by atoms with Crippen molar-refractivity contribution < 1.29 is 9.90 Å². The van der Waals surface area contributed by atoms with Crippen LogP contribution in [-0.4, -0.2) is 35.6 Å². The first-order chi connectivity index (χ1) is 10.2. The third-order valence-electron chi connectivity index (χ3n) is 3.91. The number of aromatic nitrogens is 1. The van der Waals surface area contributed by atoms with Gasteiger partial charge in [-0.25, -0.2) is 0 Å². The van der Waals surface area contributed by atoms with Crippen molar-refractivity contribution in [3.63, 3.8) is 0 Å². The zero-order valence-corrected chi connectivity index (χ0v) is 12.4. The van der Waals surface area contributed by atoms with Gasteiger partial charge in [0.1, 0.15) is 6.29 Å². The number of rotatable bonds is 3. The molecule has 0 unspecified atom stereocenters. The van der Waals surface area contributed by atoms with Gasteiger partial charge in [0.2, 0.25) is 0 Å². The minimum Gasteiger partial charge on any atom is -0.391 e. The van der Waals surface area contributed by atoms with E-state index in [2.05, 4.69) is 9.88 Å². The normalized spacial score (nSPS) is 19.0. The van der Waals surface area contributed by atoms with Crippen molar-refractivity contribution in [2.24, 2.45) is 0 Å². The Morgan fingerprint density at radius 1 is 1.52 bits per heavy atom. The number of hydrogen-bond acceptors (Lipinski definition) is 4. The molecule has 1 aromatic heterocycles. The molecule has 1 saturated heterocycles. The second-order valence-corrected chi connectivity index (χ2v) is 5.79. The van der Waals surface area contributed by atoms with Crippen molar-refractivity contribution in [2.75, 3.05) is 18.0 Å². The van der Waals surface area contributed by atoms with Gasteiger partial charge in [-0.3, -0.25) is 4.98 Å². The number of piperidine rings is 1. The fourth-order valence-corrected chi connectivity index (χ4v) is 3.28. The summed E-state index contributed by atoms with van der Waals surface area (Å²) in [7, 11) is 0. The van der Waals surface area contributed by atoms with Crippen molar-refractivity contribution in [1.82, 2.24) is 4.98 Å². The SMILES string of the molecule is O=CCc1cc(Cl)c2cccnc2c1N1CCC[C@H](O)C1. The Labute approximate surface area is 128 Å². The van der Waals surface area contributed by atoms with E-state index in [9.17, 15) is 9.90 Å². The summed E-state index contributed by atoms with van der Waals surface area (Å²) in [6.07, 6.45) is 4.32. The standard InChI is InChI=1S/C16H17ClN2O2/c17-14-9-11(5-8-20)16(15-13(14)4-1-6-18-15)19-7-2-3-12(21)10-19/h1,4,6,8-9,12,21H,2-3,5,7,10H2/t12-/m0/s1. The molecule has 1 aromatic carbocycles. The second-order valence-electron chi connectivity index (χ2n) is 5.38. The molecule has 2 heterocycles. The van der Waals surface area contributed by atoms with Crippen molar-refractivity contribution in [3.8, 4) is 0 Å². The molecule has 0 amide bonds. The van der Waals surface area contributed by atoms with Crippen LogP contribution in [0.25, 0.3) is 10.9 Å². The van der Waals surface area contributed by atoms with Gasteiger partial charge in [-0.2, -0.15) is 0 Å². The average molecular weight is 305 g/mol. The number of fused-ring (bicyclic) bond motifs is 1. The molecule has 1 atom stereocenters. The fourth-order valence-electron chi connectivity index (χ4n) is 2.99. The maximum atomic E-state index is 11.0. The molecular weight excluding hydrogens is 288 g/mol. The van der Waals surface area contributed by atoms with Crippen LogP contribution in [0.1, 0.15) is 18.4 Å². The number of pyridine rings is 1. The van der Waals surface area contributed by atoms with Crippen LogP contribution in [0.15, 0.2) is 24.4 Å². The van der Waals surface area contributed by atoms with Crippen molar-refractivity contribution in [1.29, 1.82) is 0 Å². The van der Waals surface area contributed by atoms with E-state index in [0.29, 0.717) is 18.0 Å². The summed E-state index contributed by atoms with van der Waals surface area (Å²) in [6, 6.07) is 5.62. The fraction of sp³-hybridized carbons (Fsp3) is 0.375. The largest absolute Gasteiger partial charge is 0.391 e. The number of aliphatic hydroxyl groups excluding tert-OH is 1. The second kappa shape index (κ2) is 6.00. The number of nitrogens with zero attached hydrogens (tertiary/aromatic N) is 2. The predicted octanol–water partition coefficient (Wildman–Crippen LogP) is 2.59. The molecule has 1 N–H and O–H groups in total. The lowest BCUT2D eigenvalue weighted by Crippen LogP contribution is -2.39. The molecule has 0 radical (unpaired) electrons. The van der Waals surface area contributed by atoms with E-state index < -0.39 is 0 Å². The first-order valence-corrected chi connectivity index (χ1v) is 7.51. The van der Waals surface area contributed by atoms with Crippen LogP contribution in [-0.2, 0) is 11.2 Å². The van der Waals surface area contributed by atoms with Gasteiger partial charge in [0.25, 0.3) is 0 Å². The van der Waals surface area contributed by atoms with Gasteiger partial charge in [0, 0.05) is 31.1 Å². The number of aldehydes is 1. The Balaban J connectivity index is 2.19. The quantitative estimate of drug-likeness (QED) is 0.886. The lowest BCUT2D eigenvalue weighted by molar-refractivity contribution is -0.107. The topological polar surface area (TPSA) is 53.4 Å². The lowest BCUT2D eigenvalue weighted by Gasteiger charge is -2.34. The van der Waals surface area contributed by atoms with Crippen LogP contribution in [0.5, 0.6) is 0 Å². The number of carbonyl (C=O) groups is 1. The first kappa shape index (κ1) is 14.3. The number of aliphatic hydroxyl groups is 1. The van der Waals surface area contributed by atoms with Gasteiger partial charge in [-0.05, 0) is 36.6 Å². The monoisotopic (exact) mass is 304 g/mol. The van der Waals surface area contributed by atoms with Gasteiger partial charge >= 0.3 is 0 Å². The molecule has 0 aliphatic carbocycles. The third kappa shape index (κ3) is 2.74. The molecule has 4 nitrogen and oxygen atoms in total. The Kier molecular flexibility index (Phi) is 4.08. The molecule has 5 heteroatoms. The van der Waals surface area contributed by atoms with E-state index in [1.807, 2.05) is 18.2 Å². The number of hydrogen-bond donors (Lipinski definition) is 1. The summed E-state index contributed by atoms with van der Waals surface area (Å²) in [5.41, 5.74) is 2.60. The molecular formula is C16H17ClN2O2. The molecule has 1 aliphatic rings. The number of β-amino-alcohol motifs (C(OH)–C–C–N with tert-alkyl or cyclic N) is 1. The molecule has 21 heavy (non-hydrogen) atoms. The summed E-state index contributed by atoms with van der Waals surface area (Å²) in [5, 5.41) is 11.4. The molecule has 0 saturated carbocycles. The molecule has 0 spiro atoms. The number of anilines is 1. The summed E-state index contributed by atoms with van der Waals surface area (Å²) >= 11 is 6.31. The zero-order valence-electron chi connectivity index (χ0n) is 11.6. The van der Waals surface area contributed by atoms with E-state index in [1.54, 1.807) is 6.20 Å². The van der Waals surface area contributed by atoms with Gasteiger partial charge in [0.05, 0.1) is 22.3 Å². The minimum absolute atomic E-state index is 0.300. The molecule has 3 rings (SSSR count). The smallest absolute Gasteiger partial charge is 0.124 e. The maximum absolute atomic E-state index is 11.0. The highest BCUT2D eigenvalue weighted by atomic mass is 35.5. The Hall–Kier alpha value is -1.65. The molecule has 2 aromatic rings. The number of benzene rings is 1. The van der Waals surface area contributed by atoms with E-state index in [0.717, 1.165) is 47.8 Å². The highest BCUT2D eigenvalue weighted by molar-refractivity contribution is 6.36. The van der Waals surface area contributed by atoms with Gasteiger partial charge in [-0.15, -0.1) is 0 Å². The molecule has 0 bridgehead atoms. The summed E-state index contributed by atoms with van der Waals surface area (Å²) in [5.74, 6) is 0. The van der Waals surface area contributed by atoms with Crippen LogP contribution < -0.4 is 4.90 Å². The Morgan fingerprint density at radius 2 is 2.38 bits per heavy atom. The zero-order chi connectivity index (χ0) is 14.8. The van der Waals surface area contributed by atoms with Crippen molar-refractivity contribution in [3.05, 3.63) is 35.0 Å². The van der Waals surface area contributed by atoms with E-state index in [-0.39, 0.29) is 6.10 Å². The highest BCUT2D eigenvalue weighted by Crippen LogP contribution is 2.35. The highest BCUT2D eigenvalue weighted by Gasteiger charge is 2.23. The average Bonchev–Trinajstić information content (AvgIpc) is 2.48. The van der Waals surface area contributed by atoms with Gasteiger partial charge in [-0.1, -0.05) is 11.6 Å². The van der Waals surface area contributed by atoms with Gasteiger partial charge < -0.3 is 14.8 Å². The molecule has 1 aliphatic heterocycles. The lowest BCUT2D eigenvalue weighted by atomic mass is 10.0. The van der Waals surface area contributed by atoms with Crippen LogP contribution in [0, 0.1) is 0 Å². The van der Waals surface area contributed by atoms with Crippen LogP contribution in [0.3, 0.4) is 0 Å². The molecule has 1 fully saturated rings. The maximum Gasteiger partial charge on any atom is 0.124 e. The Bertz CT molecular complexity index is 675. The summed E-state index contributed by atoms with van der Waals surface area (Å²) in [6.45, 7) is 1.43. The summed E-state index contributed by atoms with van der Waals surface area (Å²) in [4.78, 5) is 17.6. The Morgan fingerprint density at radius 3 is 3.14 bits per heavy atom. The van der Waals surface area contributed by atoms with Crippen LogP contribution >= 0.6 is 11.6 Å². The molecule has 110 valence electrons. The first-order valence-electron chi connectivity index (χ1n) is 7.13. The number of halogens is 1. The van der Waals surface area contributed by atoms with E-state index in [4.69, 9.17) is 11.6 Å². The van der Waals surface area contributed by atoms with Crippen LogP contribution in [0.2, 0.25) is 5.02 Å². The van der Waals surface area contributed by atoms with Gasteiger partial charge in [0.15, 0.2) is 0 Å². The summed E-state index contributed by atoms with van der Waals surface area (Å²) < 4.78 is 0. The van der Waals surface area contributed by atoms with E-state index >= 15 is 0 Å². The van der Waals surface area contributed by atoms with Crippen LogP contribution in [0.4, 0.5) is 5.69 Å². The van der Waals surface area contributed by atoms with Crippen molar-refractivity contribution >= 4 is 34.5 Å². The minimum atomic E-state index is -0.336.